The highest BCUT2D eigenvalue weighted by Crippen LogP contribution is 2.27. The summed E-state index contributed by atoms with van der Waals surface area (Å²) in [5, 5.41) is 7.75. The third-order valence-electron chi connectivity index (χ3n) is 5.53. The minimum Gasteiger partial charge on any atom is -0.497 e. The normalized spacial score (nSPS) is 11.4. The van der Waals surface area contributed by atoms with Gasteiger partial charge in [-0.1, -0.05) is 65.0 Å². The molecule has 0 radical (unpaired) electrons. The van der Waals surface area contributed by atoms with Gasteiger partial charge in [0.25, 0.3) is 0 Å². The standard InChI is InChI=1S/C28H36N4O3/c1-20(2)18-31(27(34)16-21-10-8-7-9-11-21)19-26(33)29-25-17-24(28(3,4)5)30-32(25)22-12-14-23(35-6)15-13-22/h7-15,17,20H,16,18-19H2,1-6H3,(H,29,33). The molecule has 0 spiro atoms. The lowest BCUT2D eigenvalue weighted by Crippen LogP contribution is -2.41. The number of hydrogen-bond acceptors (Lipinski definition) is 4. The fraction of sp³-hybridized carbons (Fsp3) is 0.393. The Bertz CT molecular complexity index is 1130. The minimum atomic E-state index is -0.262. The topological polar surface area (TPSA) is 76.5 Å². The van der Waals surface area contributed by atoms with Crippen LogP contribution in [0.25, 0.3) is 5.69 Å². The summed E-state index contributed by atoms with van der Waals surface area (Å²) in [6.45, 7) is 10.8. The van der Waals surface area contributed by atoms with E-state index < -0.39 is 0 Å². The van der Waals surface area contributed by atoms with Gasteiger partial charge in [-0.15, -0.1) is 0 Å². The molecule has 7 heteroatoms. The zero-order valence-electron chi connectivity index (χ0n) is 21.5. The van der Waals surface area contributed by atoms with Crippen LogP contribution in [0.3, 0.4) is 0 Å². The van der Waals surface area contributed by atoms with Crippen LogP contribution >= 0.6 is 0 Å². The molecule has 3 rings (SSSR count). The predicted octanol–water partition coefficient (Wildman–Crippen LogP) is 4.84. The van der Waals surface area contributed by atoms with Gasteiger partial charge >= 0.3 is 0 Å². The number of hydrogen-bond donors (Lipinski definition) is 1. The second kappa shape index (κ2) is 11.2. The molecule has 0 fully saturated rings. The minimum absolute atomic E-state index is 0.0253. The lowest BCUT2D eigenvalue weighted by atomic mass is 9.92. The SMILES string of the molecule is COc1ccc(-n2nc(C(C)(C)C)cc2NC(=O)CN(CC(C)C)C(=O)Cc2ccccc2)cc1. The van der Waals surface area contributed by atoms with Crippen LogP contribution in [0.5, 0.6) is 5.75 Å². The van der Waals surface area contributed by atoms with Gasteiger partial charge in [0.05, 0.1) is 31.5 Å². The van der Waals surface area contributed by atoms with E-state index in [0.717, 1.165) is 22.7 Å². The van der Waals surface area contributed by atoms with Gasteiger partial charge in [0.1, 0.15) is 11.6 Å². The van der Waals surface area contributed by atoms with Crippen molar-refractivity contribution in [3.63, 3.8) is 0 Å². The summed E-state index contributed by atoms with van der Waals surface area (Å²) < 4.78 is 6.98. The summed E-state index contributed by atoms with van der Waals surface area (Å²) in [5.41, 5.74) is 2.38. The van der Waals surface area contributed by atoms with Crippen molar-refractivity contribution in [1.82, 2.24) is 14.7 Å². The van der Waals surface area contributed by atoms with Crippen molar-refractivity contribution in [2.75, 3.05) is 25.5 Å². The number of rotatable bonds is 9. The number of methoxy groups -OCH3 is 1. The van der Waals surface area contributed by atoms with Crippen molar-refractivity contribution < 1.29 is 14.3 Å². The van der Waals surface area contributed by atoms with E-state index in [4.69, 9.17) is 9.84 Å². The molecule has 35 heavy (non-hydrogen) atoms. The molecule has 0 aliphatic carbocycles. The number of carbonyl (C=O) groups excluding carboxylic acids is 2. The molecule has 1 aromatic heterocycles. The van der Waals surface area contributed by atoms with E-state index in [-0.39, 0.29) is 36.1 Å². The first-order valence-corrected chi connectivity index (χ1v) is 11.9. The number of nitrogens with zero attached hydrogens (tertiary/aromatic N) is 3. The van der Waals surface area contributed by atoms with E-state index in [0.29, 0.717) is 12.4 Å². The molecule has 0 bridgehead atoms. The van der Waals surface area contributed by atoms with Crippen molar-refractivity contribution >= 4 is 17.6 Å². The molecule has 1 heterocycles. The Hall–Kier alpha value is -3.61. The number of amides is 2. The van der Waals surface area contributed by atoms with Crippen LogP contribution in [0.4, 0.5) is 5.82 Å². The van der Waals surface area contributed by atoms with Crippen LogP contribution in [-0.4, -0.2) is 46.7 Å². The predicted molar refractivity (Wildman–Crippen MR) is 139 cm³/mol. The molecule has 3 aromatic rings. The summed E-state index contributed by atoms with van der Waals surface area (Å²) in [6.07, 6.45) is 0.263. The second-order valence-electron chi connectivity index (χ2n) is 10.2. The maximum absolute atomic E-state index is 13.1. The fourth-order valence-electron chi connectivity index (χ4n) is 3.69. The molecular weight excluding hydrogens is 440 g/mol. The van der Waals surface area contributed by atoms with Crippen LogP contribution < -0.4 is 10.1 Å². The summed E-state index contributed by atoms with van der Waals surface area (Å²) in [5.74, 6) is 1.20. The highest BCUT2D eigenvalue weighted by molar-refractivity contribution is 5.94. The second-order valence-corrected chi connectivity index (χ2v) is 10.2. The summed E-state index contributed by atoms with van der Waals surface area (Å²) in [6, 6.07) is 19.0. The molecule has 0 atom stereocenters. The molecule has 1 N–H and O–H groups in total. The van der Waals surface area contributed by atoms with Crippen LogP contribution in [0, 0.1) is 5.92 Å². The lowest BCUT2D eigenvalue weighted by Gasteiger charge is -2.24. The number of anilines is 1. The Morgan fingerprint density at radius 2 is 1.71 bits per heavy atom. The highest BCUT2D eigenvalue weighted by Gasteiger charge is 2.23. The molecule has 0 saturated carbocycles. The van der Waals surface area contributed by atoms with Gasteiger partial charge in [-0.05, 0) is 35.7 Å². The van der Waals surface area contributed by atoms with Crippen molar-refractivity contribution in [3.05, 3.63) is 71.9 Å². The maximum atomic E-state index is 13.1. The number of carbonyl (C=O) groups is 2. The third-order valence-corrected chi connectivity index (χ3v) is 5.53. The molecule has 2 amide bonds. The monoisotopic (exact) mass is 476 g/mol. The van der Waals surface area contributed by atoms with Gasteiger partial charge in [-0.2, -0.15) is 5.10 Å². The van der Waals surface area contributed by atoms with Gasteiger partial charge in [-0.3, -0.25) is 9.59 Å². The number of ether oxygens (including phenoxy) is 1. The molecule has 2 aromatic carbocycles. The maximum Gasteiger partial charge on any atom is 0.245 e. The summed E-state index contributed by atoms with van der Waals surface area (Å²) >= 11 is 0. The number of aromatic nitrogens is 2. The Labute approximate surface area is 208 Å². The fourth-order valence-corrected chi connectivity index (χ4v) is 3.69. The van der Waals surface area contributed by atoms with Crippen LogP contribution in [0.1, 0.15) is 45.9 Å². The Morgan fingerprint density at radius 3 is 2.29 bits per heavy atom. The molecule has 0 aliphatic heterocycles. The van der Waals surface area contributed by atoms with E-state index in [9.17, 15) is 9.59 Å². The smallest absolute Gasteiger partial charge is 0.245 e. The van der Waals surface area contributed by atoms with Crippen LogP contribution in [0.2, 0.25) is 0 Å². The molecule has 0 aliphatic rings. The van der Waals surface area contributed by atoms with Gasteiger partial charge in [0.15, 0.2) is 0 Å². The van der Waals surface area contributed by atoms with Crippen molar-refractivity contribution in [2.45, 2.75) is 46.5 Å². The van der Waals surface area contributed by atoms with E-state index in [1.807, 2.05) is 74.5 Å². The zero-order chi connectivity index (χ0) is 25.6. The van der Waals surface area contributed by atoms with E-state index >= 15 is 0 Å². The molecule has 0 unspecified atom stereocenters. The first-order chi connectivity index (χ1) is 16.6. The molecule has 186 valence electrons. The Balaban J connectivity index is 1.82. The summed E-state index contributed by atoms with van der Waals surface area (Å²) in [4.78, 5) is 27.8. The average molecular weight is 477 g/mol. The van der Waals surface area contributed by atoms with Crippen molar-refractivity contribution in [1.29, 1.82) is 0 Å². The first-order valence-electron chi connectivity index (χ1n) is 11.9. The first kappa shape index (κ1) is 26.0. The number of benzene rings is 2. The quantitative estimate of drug-likeness (QED) is 0.479. The van der Waals surface area contributed by atoms with Crippen molar-refractivity contribution in [2.24, 2.45) is 5.92 Å². The van der Waals surface area contributed by atoms with Gasteiger partial charge in [-0.25, -0.2) is 4.68 Å². The van der Waals surface area contributed by atoms with Crippen LogP contribution in [-0.2, 0) is 21.4 Å². The largest absolute Gasteiger partial charge is 0.497 e. The van der Waals surface area contributed by atoms with Crippen LogP contribution in [0.15, 0.2) is 60.7 Å². The average Bonchev–Trinajstić information content (AvgIpc) is 3.23. The number of nitrogens with one attached hydrogen (secondary N) is 1. The van der Waals surface area contributed by atoms with E-state index in [2.05, 4.69) is 26.1 Å². The van der Waals surface area contributed by atoms with Gasteiger partial charge in [0.2, 0.25) is 11.8 Å². The van der Waals surface area contributed by atoms with E-state index in [1.165, 1.54) is 0 Å². The Kier molecular flexibility index (Phi) is 8.33. The van der Waals surface area contributed by atoms with E-state index in [1.54, 1.807) is 16.7 Å². The van der Waals surface area contributed by atoms with Gasteiger partial charge < -0.3 is 15.0 Å². The third kappa shape index (κ3) is 7.18. The zero-order valence-corrected chi connectivity index (χ0v) is 21.5. The molecule has 0 saturated heterocycles. The Morgan fingerprint density at radius 1 is 1.06 bits per heavy atom. The molecule has 7 nitrogen and oxygen atoms in total. The molecular formula is C28H36N4O3. The van der Waals surface area contributed by atoms with Crippen molar-refractivity contribution in [3.8, 4) is 11.4 Å². The van der Waals surface area contributed by atoms with Gasteiger partial charge in [0, 0.05) is 18.0 Å². The highest BCUT2D eigenvalue weighted by atomic mass is 16.5. The lowest BCUT2D eigenvalue weighted by molar-refractivity contribution is -0.134. The summed E-state index contributed by atoms with van der Waals surface area (Å²) in [7, 11) is 1.62.